The van der Waals surface area contributed by atoms with E-state index >= 15 is 0 Å². The van der Waals surface area contributed by atoms with E-state index in [1.165, 1.54) is 53.7 Å². The van der Waals surface area contributed by atoms with E-state index in [0.29, 0.717) is 18.5 Å². The van der Waals surface area contributed by atoms with Crippen LogP contribution in [0.25, 0.3) is 0 Å². The lowest BCUT2D eigenvalue weighted by atomic mass is 9.88. The summed E-state index contributed by atoms with van der Waals surface area (Å²) in [5.41, 5.74) is 2.87. The third kappa shape index (κ3) is 7.34. The molecular formula is C28H32N2O4S. The van der Waals surface area contributed by atoms with Gasteiger partial charge < -0.3 is 5.32 Å². The van der Waals surface area contributed by atoms with E-state index in [4.69, 9.17) is 0 Å². The van der Waals surface area contributed by atoms with E-state index < -0.39 is 10.0 Å². The first-order valence-corrected chi connectivity index (χ1v) is 13.2. The maximum Gasteiger partial charge on any atom is 0.242 e. The zero-order valence-electron chi connectivity index (χ0n) is 20.2. The molecule has 6 nitrogen and oxygen atoms in total. The number of sulfonamides is 1. The maximum atomic E-state index is 12.7. The monoisotopic (exact) mass is 492 g/mol. The summed E-state index contributed by atoms with van der Waals surface area (Å²) in [6, 6.07) is 26.4. The van der Waals surface area contributed by atoms with Crippen LogP contribution in [0.15, 0.2) is 89.8 Å². The van der Waals surface area contributed by atoms with Crippen molar-refractivity contribution in [2.45, 2.75) is 37.0 Å². The van der Waals surface area contributed by atoms with Crippen molar-refractivity contribution >= 4 is 21.7 Å². The summed E-state index contributed by atoms with van der Waals surface area (Å²) in [6.07, 6.45) is 1.42. The standard InChI is InChI=1S/C28H32N2O4S/c1-22(31)23-15-17-26(18-16-23)35(33,34)30(2)21-9-14-28(32)29-20-19-27(24-10-5-3-6-11-24)25-12-7-4-8-13-25/h3-8,10-13,15-18,27H,9,14,19-21H2,1-2H3,(H,29,32). The third-order valence-corrected chi connectivity index (χ3v) is 7.88. The highest BCUT2D eigenvalue weighted by atomic mass is 32.2. The van der Waals surface area contributed by atoms with Crippen molar-refractivity contribution in [3.63, 3.8) is 0 Å². The molecule has 1 amide bonds. The van der Waals surface area contributed by atoms with E-state index in [2.05, 4.69) is 29.6 Å². The van der Waals surface area contributed by atoms with Crippen LogP contribution in [0.2, 0.25) is 0 Å². The first-order chi connectivity index (χ1) is 16.8. The Kier molecular flexibility index (Phi) is 9.34. The minimum atomic E-state index is -3.68. The fraction of sp³-hybridized carbons (Fsp3) is 0.286. The van der Waals surface area contributed by atoms with Gasteiger partial charge in [0.15, 0.2) is 5.78 Å². The fourth-order valence-corrected chi connectivity index (χ4v) is 5.17. The summed E-state index contributed by atoms with van der Waals surface area (Å²) >= 11 is 0. The summed E-state index contributed by atoms with van der Waals surface area (Å²) in [5, 5.41) is 2.97. The van der Waals surface area contributed by atoms with E-state index in [0.717, 1.165) is 6.42 Å². The fourth-order valence-electron chi connectivity index (χ4n) is 3.96. The quantitative estimate of drug-likeness (QED) is 0.374. The van der Waals surface area contributed by atoms with Crippen LogP contribution in [0.4, 0.5) is 0 Å². The molecule has 1 N–H and O–H groups in total. The number of rotatable bonds is 12. The van der Waals surface area contributed by atoms with Gasteiger partial charge in [-0.2, -0.15) is 0 Å². The molecule has 35 heavy (non-hydrogen) atoms. The van der Waals surface area contributed by atoms with Crippen molar-refractivity contribution in [1.29, 1.82) is 0 Å². The highest BCUT2D eigenvalue weighted by molar-refractivity contribution is 7.89. The van der Waals surface area contributed by atoms with Crippen LogP contribution >= 0.6 is 0 Å². The van der Waals surface area contributed by atoms with Crippen LogP contribution in [-0.2, 0) is 14.8 Å². The van der Waals surface area contributed by atoms with E-state index in [1.54, 1.807) is 0 Å². The molecule has 0 spiro atoms. The Morgan fingerprint density at radius 2 is 1.40 bits per heavy atom. The normalized spacial score (nSPS) is 11.5. The van der Waals surface area contributed by atoms with Crippen LogP contribution in [0.1, 0.15) is 53.6 Å². The number of ketones is 1. The maximum absolute atomic E-state index is 12.7. The molecule has 0 saturated carbocycles. The Balaban J connectivity index is 1.48. The molecule has 0 saturated heterocycles. The smallest absolute Gasteiger partial charge is 0.242 e. The van der Waals surface area contributed by atoms with Crippen molar-refractivity contribution in [2.24, 2.45) is 0 Å². The first kappa shape index (κ1) is 26.3. The van der Waals surface area contributed by atoms with E-state index in [-0.39, 0.29) is 35.5 Å². The molecule has 0 aromatic heterocycles. The van der Waals surface area contributed by atoms with Gasteiger partial charge in [0.05, 0.1) is 4.90 Å². The molecule has 3 aromatic carbocycles. The van der Waals surface area contributed by atoms with Crippen molar-refractivity contribution in [3.05, 3.63) is 102 Å². The molecule has 7 heteroatoms. The molecule has 0 unspecified atom stereocenters. The summed E-state index contributed by atoms with van der Waals surface area (Å²) < 4.78 is 26.7. The highest BCUT2D eigenvalue weighted by Gasteiger charge is 2.21. The lowest BCUT2D eigenvalue weighted by molar-refractivity contribution is -0.121. The highest BCUT2D eigenvalue weighted by Crippen LogP contribution is 2.27. The number of benzene rings is 3. The second-order valence-corrected chi connectivity index (χ2v) is 10.6. The Bertz CT molecular complexity index is 1170. The minimum Gasteiger partial charge on any atom is -0.356 e. The van der Waals surface area contributed by atoms with Crippen molar-refractivity contribution in [3.8, 4) is 0 Å². The summed E-state index contributed by atoms with van der Waals surface area (Å²) in [4.78, 5) is 23.9. The molecule has 0 aliphatic heterocycles. The number of hydrogen-bond donors (Lipinski definition) is 1. The molecular weight excluding hydrogens is 460 g/mol. The number of amides is 1. The zero-order chi connectivity index (χ0) is 25.3. The second-order valence-electron chi connectivity index (χ2n) is 8.52. The number of carbonyl (C=O) groups is 2. The van der Waals surface area contributed by atoms with Gasteiger partial charge in [0.2, 0.25) is 15.9 Å². The van der Waals surface area contributed by atoms with E-state index in [9.17, 15) is 18.0 Å². The van der Waals surface area contributed by atoms with Gasteiger partial charge in [-0.25, -0.2) is 12.7 Å². The van der Waals surface area contributed by atoms with Crippen molar-refractivity contribution in [2.75, 3.05) is 20.1 Å². The van der Waals surface area contributed by atoms with Gasteiger partial charge in [-0.1, -0.05) is 72.8 Å². The summed E-state index contributed by atoms with van der Waals surface area (Å²) in [5.74, 6) is -0.0305. The molecule has 184 valence electrons. The van der Waals surface area contributed by atoms with Gasteiger partial charge in [-0.05, 0) is 43.0 Å². The predicted octanol–water partition coefficient (Wildman–Crippen LogP) is 4.63. The van der Waals surface area contributed by atoms with Gasteiger partial charge in [0.25, 0.3) is 0 Å². The largest absolute Gasteiger partial charge is 0.356 e. The van der Waals surface area contributed by atoms with Gasteiger partial charge in [-0.15, -0.1) is 0 Å². The Morgan fingerprint density at radius 3 is 1.91 bits per heavy atom. The van der Waals surface area contributed by atoms with Crippen LogP contribution in [0.5, 0.6) is 0 Å². The molecule has 0 atom stereocenters. The van der Waals surface area contributed by atoms with Gasteiger partial charge in [0.1, 0.15) is 0 Å². The van der Waals surface area contributed by atoms with Crippen LogP contribution < -0.4 is 5.32 Å². The Labute approximate surface area is 208 Å². The average molecular weight is 493 g/mol. The average Bonchev–Trinajstić information content (AvgIpc) is 2.87. The van der Waals surface area contributed by atoms with Crippen molar-refractivity contribution < 1.29 is 18.0 Å². The third-order valence-electron chi connectivity index (χ3n) is 6.00. The number of nitrogens with one attached hydrogen (secondary N) is 1. The number of carbonyl (C=O) groups excluding carboxylic acids is 2. The lowest BCUT2D eigenvalue weighted by Crippen LogP contribution is -2.30. The van der Waals surface area contributed by atoms with Gasteiger partial charge >= 0.3 is 0 Å². The van der Waals surface area contributed by atoms with Crippen LogP contribution in [-0.4, -0.2) is 44.6 Å². The number of nitrogens with zero attached hydrogens (tertiary/aromatic N) is 1. The van der Waals surface area contributed by atoms with Crippen LogP contribution in [0, 0.1) is 0 Å². The molecule has 0 fully saturated rings. The SMILES string of the molecule is CC(=O)c1ccc(S(=O)(=O)N(C)CCCC(=O)NCCC(c2ccccc2)c2ccccc2)cc1. The molecule has 3 rings (SSSR count). The lowest BCUT2D eigenvalue weighted by Gasteiger charge is -2.19. The summed E-state index contributed by atoms with van der Waals surface area (Å²) in [7, 11) is -2.18. The molecule has 0 aliphatic carbocycles. The molecule has 3 aromatic rings. The molecule has 0 radical (unpaired) electrons. The topological polar surface area (TPSA) is 83.6 Å². The minimum absolute atomic E-state index is 0.0958. The Hall–Kier alpha value is -3.29. The van der Waals surface area contributed by atoms with Crippen molar-refractivity contribution in [1.82, 2.24) is 9.62 Å². The second kappa shape index (κ2) is 12.4. The number of hydrogen-bond acceptors (Lipinski definition) is 4. The van der Waals surface area contributed by atoms with Crippen LogP contribution in [0.3, 0.4) is 0 Å². The predicted molar refractivity (Wildman–Crippen MR) is 138 cm³/mol. The first-order valence-electron chi connectivity index (χ1n) is 11.7. The number of Topliss-reactive ketones (excluding diaryl/α,β-unsaturated/α-hetero) is 1. The van der Waals surface area contributed by atoms with Gasteiger partial charge in [-0.3, -0.25) is 9.59 Å². The summed E-state index contributed by atoms with van der Waals surface area (Å²) in [6.45, 7) is 2.19. The zero-order valence-corrected chi connectivity index (χ0v) is 21.0. The Morgan fingerprint density at radius 1 is 0.857 bits per heavy atom. The molecule has 0 heterocycles. The van der Waals surface area contributed by atoms with Gasteiger partial charge in [0, 0.05) is 38.0 Å². The molecule has 0 aliphatic rings. The molecule has 0 bridgehead atoms. The van der Waals surface area contributed by atoms with E-state index in [1.807, 2.05) is 36.4 Å².